The van der Waals surface area contributed by atoms with E-state index in [4.69, 9.17) is 19.5 Å². The van der Waals surface area contributed by atoms with Gasteiger partial charge in [-0.1, -0.05) is 0 Å². The molecule has 0 aromatic carbocycles. The number of nitrogens with zero attached hydrogens (tertiary/aromatic N) is 1. The zero-order chi connectivity index (χ0) is 12.1. The summed E-state index contributed by atoms with van der Waals surface area (Å²) in [5, 5.41) is 8.80. The molecule has 1 heterocycles. The summed E-state index contributed by atoms with van der Waals surface area (Å²) >= 11 is 0. The highest BCUT2D eigenvalue weighted by molar-refractivity contribution is 5.66. The first-order valence-electron chi connectivity index (χ1n) is 5.39. The van der Waals surface area contributed by atoms with Crippen molar-refractivity contribution in [3.05, 3.63) is 0 Å². The lowest BCUT2D eigenvalue weighted by molar-refractivity contribution is -0.242. The predicted octanol–water partition coefficient (Wildman–Crippen LogP) is 1.37. The van der Waals surface area contributed by atoms with Gasteiger partial charge >= 0.3 is 5.97 Å². The summed E-state index contributed by atoms with van der Waals surface area (Å²) in [4.78, 5) is 10.7. The molecule has 5 nitrogen and oxygen atoms in total. The van der Waals surface area contributed by atoms with E-state index in [1.54, 1.807) is 0 Å². The van der Waals surface area contributed by atoms with Gasteiger partial charge in [0.15, 0.2) is 12.4 Å². The van der Waals surface area contributed by atoms with Gasteiger partial charge in [0.25, 0.3) is 0 Å². The third kappa shape index (κ3) is 4.17. The van der Waals surface area contributed by atoms with Gasteiger partial charge in [0.05, 0.1) is 12.2 Å². The Bertz CT molecular complexity index is 276. The Labute approximate surface area is 95.3 Å². The fourth-order valence-electron chi connectivity index (χ4n) is 1.74. The first-order chi connectivity index (χ1) is 7.51. The fourth-order valence-corrected chi connectivity index (χ4v) is 1.74. The first-order valence-corrected chi connectivity index (χ1v) is 5.39. The van der Waals surface area contributed by atoms with Gasteiger partial charge in [-0.3, -0.25) is 4.79 Å². The molecule has 5 heteroatoms. The predicted molar refractivity (Wildman–Crippen MR) is 55.3 cm³/mol. The van der Waals surface area contributed by atoms with Crippen LogP contribution in [-0.2, 0) is 19.0 Å². The Hall–Kier alpha value is -1.12. The van der Waals surface area contributed by atoms with Crippen LogP contribution in [0.1, 0.15) is 33.6 Å². The molecule has 1 rings (SSSR count). The number of ether oxygens (including phenoxy) is 3. The molecule has 0 aliphatic carbocycles. The van der Waals surface area contributed by atoms with Gasteiger partial charge in [-0.15, -0.1) is 0 Å². The highest BCUT2D eigenvalue weighted by atomic mass is 16.7. The molecule has 0 radical (unpaired) electrons. The van der Waals surface area contributed by atoms with Gasteiger partial charge in [0, 0.05) is 13.3 Å². The first kappa shape index (κ1) is 12.9. The number of carbonyl (C=O) groups excluding carboxylic acids is 1. The van der Waals surface area contributed by atoms with Gasteiger partial charge in [-0.05, 0) is 20.3 Å². The van der Waals surface area contributed by atoms with E-state index in [-0.39, 0.29) is 18.6 Å². The molecule has 3 atom stereocenters. The summed E-state index contributed by atoms with van der Waals surface area (Å²) in [6.45, 7) is 5.19. The SMILES string of the molecule is CC(=O)OC(C#N)CC1O[C@H](C)C[C@@H](C)O1. The molecule has 0 saturated carbocycles. The quantitative estimate of drug-likeness (QED) is 0.681. The Balaban J connectivity index is 2.45. The van der Waals surface area contributed by atoms with Gasteiger partial charge in [0.1, 0.15) is 6.07 Å². The van der Waals surface area contributed by atoms with Crippen molar-refractivity contribution < 1.29 is 19.0 Å². The van der Waals surface area contributed by atoms with E-state index in [1.807, 2.05) is 19.9 Å². The molecular formula is C11H17NO4. The Morgan fingerprint density at radius 1 is 1.50 bits per heavy atom. The van der Waals surface area contributed by atoms with Crippen molar-refractivity contribution in [1.82, 2.24) is 0 Å². The van der Waals surface area contributed by atoms with E-state index < -0.39 is 18.4 Å². The Morgan fingerprint density at radius 2 is 2.06 bits per heavy atom. The molecule has 0 bridgehead atoms. The minimum absolute atomic E-state index is 0.102. The molecule has 16 heavy (non-hydrogen) atoms. The Morgan fingerprint density at radius 3 is 2.50 bits per heavy atom. The smallest absolute Gasteiger partial charge is 0.303 e. The van der Waals surface area contributed by atoms with Crippen LogP contribution in [0, 0.1) is 11.3 Å². The standard InChI is InChI=1S/C11H17NO4/c1-7-4-8(2)15-11(14-7)5-10(6-12)16-9(3)13/h7-8,10-11H,4-5H2,1-3H3/t7-,8-,10?/m1/s1. The number of rotatable bonds is 3. The van der Waals surface area contributed by atoms with Crippen LogP contribution in [0.2, 0.25) is 0 Å². The van der Waals surface area contributed by atoms with Crippen molar-refractivity contribution in [3.63, 3.8) is 0 Å². The molecule has 1 fully saturated rings. The molecular weight excluding hydrogens is 210 g/mol. The highest BCUT2D eigenvalue weighted by Gasteiger charge is 2.28. The van der Waals surface area contributed by atoms with Crippen LogP contribution in [0.3, 0.4) is 0 Å². The topological polar surface area (TPSA) is 68.6 Å². The molecule has 1 saturated heterocycles. The van der Waals surface area contributed by atoms with Gasteiger partial charge in [-0.25, -0.2) is 0 Å². The number of carbonyl (C=O) groups is 1. The largest absolute Gasteiger partial charge is 0.447 e. The van der Waals surface area contributed by atoms with Gasteiger partial charge in [-0.2, -0.15) is 5.26 Å². The third-order valence-electron chi connectivity index (χ3n) is 2.29. The van der Waals surface area contributed by atoms with Crippen LogP contribution in [-0.4, -0.2) is 30.6 Å². The monoisotopic (exact) mass is 227 g/mol. The van der Waals surface area contributed by atoms with Gasteiger partial charge < -0.3 is 14.2 Å². The zero-order valence-corrected chi connectivity index (χ0v) is 9.80. The van der Waals surface area contributed by atoms with E-state index in [1.165, 1.54) is 6.92 Å². The van der Waals surface area contributed by atoms with Crippen LogP contribution < -0.4 is 0 Å². The van der Waals surface area contributed by atoms with E-state index in [0.717, 1.165) is 6.42 Å². The second kappa shape index (κ2) is 5.83. The average Bonchev–Trinajstić information content (AvgIpc) is 2.14. The Kier molecular flexibility index (Phi) is 4.71. The summed E-state index contributed by atoms with van der Waals surface area (Å²) < 4.78 is 15.8. The van der Waals surface area contributed by atoms with Crippen molar-refractivity contribution in [2.24, 2.45) is 0 Å². The number of esters is 1. The maximum Gasteiger partial charge on any atom is 0.303 e. The maximum atomic E-state index is 10.7. The highest BCUT2D eigenvalue weighted by Crippen LogP contribution is 2.21. The summed E-state index contributed by atoms with van der Waals surface area (Å²) in [6.07, 6.45) is 0.0186. The molecule has 0 aromatic rings. The molecule has 0 amide bonds. The van der Waals surface area contributed by atoms with Crippen LogP contribution in [0.4, 0.5) is 0 Å². The van der Waals surface area contributed by atoms with Crippen LogP contribution >= 0.6 is 0 Å². The summed E-state index contributed by atoms with van der Waals surface area (Å²) in [6, 6.07) is 1.91. The van der Waals surface area contributed by atoms with E-state index in [0.29, 0.717) is 0 Å². The third-order valence-corrected chi connectivity index (χ3v) is 2.29. The normalized spacial score (nSPS) is 31.5. The summed E-state index contributed by atoms with van der Waals surface area (Å²) in [5.74, 6) is -0.469. The maximum absolute atomic E-state index is 10.7. The van der Waals surface area contributed by atoms with Gasteiger partial charge in [0.2, 0.25) is 0 Å². The molecule has 1 aliphatic rings. The molecule has 0 spiro atoms. The number of hydrogen-bond donors (Lipinski definition) is 0. The van der Waals surface area contributed by atoms with Crippen molar-refractivity contribution in [1.29, 1.82) is 5.26 Å². The second-order valence-electron chi connectivity index (χ2n) is 4.02. The summed E-state index contributed by atoms with van der Waals surface area (Å²) in [7, 11) is 0. The second-order valence-corrected chi connectivity index (χ2v) is 4.02. The molecule has 0 aromatic heterocycles. The molecule has 1 aliphatic heterocycles. The fraction of sp³-hybridized carbons (Fsp3) is 0.818. The van der Waals surface area contributed by atoms with Crippen LogP contribution in [0.25, 0.3) is 0 Å². The number of hydrogen-bond acceptors (Lipinski definition) is 5. The lowest BCUT2D eigenvalue weighted by atomic mass is 10.1. The van der Waals surface area contributed by atoms with Crippen molar-refractivity contribution in [2.75, 3.05) is 0 Å². The lowest BCUT2D eigenvalue weighted by Gasteiger charge is -2.33. The minimum atomic E-state index is -0.806. The number of nitriles is 1. The molecule has 0 N–H and O–H groups in total. The van der Waals surface area contributed by atoms with E-state index in [9.17, 15) is 4.79 Å². The van der Waals surface area contributed by atoms with Crippen molar-refractivity contribution in [2.45, 2.75) is 58.2 Å². The van der Waals surface area contributed by atoms with Crippen molar-refractivity contribution >= 4 is 5.97 Å². The van der Waals surface area contributed by atoms with Crippen LogP contribution in [0.15, 0.2) is 0 Å². The minimum Gasteiger partial charge on any atom is -0.447 e. The van der Waals surface area contributed by atoms with Crippen molar-refractivity contribution in [3.8, 4) is 6.07 Å². The molecule has 90 valence electrons. The van der Waals surface area contributed by atoms with E-state index in [2.05, 4.69) is 0 Å². The summed E-state index contributed by atoms with van der Waals surface area (Å²) in [5.41, 5.74) is 0. The van der Waals surface area contributed by atoms with E-state index >= 15 is 0 Å². The molecule has 1 unspecified atom stereocenters. The lowest BCUT2D eigenvalue weighted by Crippen LogP contribution is -2.37. The average molecular weight is 227 g/mol. The van der Waals surface area contributed by atoms with Crippen LogP contribution in [0.5, 0.6) is 0 Å². The zero-order valence-electron chi connectivity index (χ0n) is 9.80.